The third kappa shape index (κ3) is 3.84. The van der Waals surface area contributed by atoms with E-state index < -0.39 is 17.2 Å². The number of carbonyl (C=O) groups excluding carboxylic acids is 2. The molecule has 1 saturated heterocycles. The highest BCUT2D eigenvalue weighted by Gasteiger charge is 2.30. The van der Waals surface area contributed by atoms with Gasteiger partial charge in [-0.25, -0.2) is 4.79 Å². The maximum atomic E-state index is 12.5. The molecule has 1 atom stereocenters. The summed E-state index contributed by atoms with van der Waals surface area (Å²) in [6.07, 6.45) is 2.54. The van der Waals surface area contributed by atoms with Gasteiger partial charge in [0.25, 0.3) is 11.5 Å². The van der Waals surface area contributed by atoms with Gasteiger partial charge in [0.15, 0.2) is 0 Å². The molecule has 1 aliphatic rings. The lowest BCUT2D eigenvalue weighted by molar-refractivity contribution is -0.144. The Balaban J connectivity index is 2.19. The Morgan fingerprint density at radius 2 is 2.09 bits per heavy atom. The lowest BCUT2D eigenvalue weighted by Crippen LogP contribution is -2.46. The molecular weight excluding hydrogens is 290 g/mol. The molecule has 22 heavy (non-hydrogen) atoms. The first kappa shape index (κ1) is 16.0. The van der Waals surface area contributed by atoms with Gasteiger partial charge in [0.05, 0.1) is 13.0 Å². The van der Waals surface area contributed by atoms with Gasteiger partial charge in [-0.2, -0.15) is 0 Å². The molecule has 1 aliphatic heterocycles. The van der Waals surface area contributed by atoms with Gasteiger partial charge in [-0.1, -0.05) is 0 Å². The number of rotatable bonds is 4. The largest absolute Gasteiger partial charge is 0.466 e. The summed E-state index contributed by atoms with van der Waals surface area (Å²) < 4.78 is 4.93. The van der Waals surface area contributed by atoms with Crippen LogP contribution in [0.15, 0.2) is 15.7 Å². The van der Waals surface area contributed by atoms with Crippen molar-refractivity contribution in [3.05, 3.63) is 32.6 Å². The highest BCUT2D eigenvalue weighted by atomic mass is 16.5. The molecule has 0 aliphatic carbocycles. The van der Waals surface area contributed by atoms with Crippen LogP contribution < -0.4 is 11.2 Å². The molecule has 2 rings (SSSR count). The van der Waals surface area contributed by atoms with Crippen LogP contribution in [0.4, 0.5) is 0 Å². The summed E-state index contributed by atoms with van der Waals surface area (Å²) in [5.74, 6) is -0.802. The maximum Gasteiger partial charge on any atom is 0.326 e. The molecule has 0 saturated carbocycles. The molecule has 2 heterocycles. The van der Waals surface area contributed by atoms with E-state index in [4.69, 9.17) is 4.74 Å². The molecule has 8 nitrogen and oxygen atoms in total. The van der Waals surface area contributed by atoms with Crippen LogP contribution in [0, 0.1) is 0 Å². The maximum absolute atomic E-state index is 12.5. The van der Waals surface area contributed by atoms with Crippen LogP contribution in [-0.4, -0.2) is 45.9 Å². The first-order valence-corrected chi connectivity index (χ1v) is 7.31. The zero-order valence-corrected chi connectivity index (χ0v) is 12.4. The number of ether oxygens (including phenoxy) is 1. The second-order valence-electron chi connectivity index (χ2n) is 5.16. The van der Waals surface area contributed by atoms with Crippen molar-refractivity contribution < 1.29 is 14.3 Å². The third-order valence-electron chi connectivity index (χ3n) is 3.59. The van der Waals surface area contributed by atoms with E-state index in [2.05, 4.69) is 4.98 Å². The number of amides is 1. The number of nitrogens with zero attached hydrogens (tertiary/aromatic N) is 1. The van der Waals surface area contributed by atoms with Crippen LogP contribution in [0.2, 0.25) is 0 Å². The van der Waals surface area contributed by atoms with E-state index in [1.54, 1.807) is 6.92 Å². The van der Waals surface area contributed by atoms with E-state index in [9.17, 15) is 19.2 Å². The molecule has 8 heteroatoms. The summed E-state index contributed by atoms with van der Waals surface area (Å²) in [5.41, 5.74) is -1.43. The predicted octanol–water partition coefficient (Wildman–Crippen LogP) is 0.0111. The monoisotopic (exact) mass is 309 g/mol. The number of carbonyl (C=O) groups is 2. The predicted molar refractivity (Wildman–Crippen MR) is 77.6 cm³/mol. The topological polar surface area (TPSA) is 112 Å². The van der Waals surface area contributed by atoms with Crippen LogP contribution in [0.5, 0.6) is 0 Å². The van der Waals surface area contributed by atoms with Crippen LogP contribution >= 0.6 is 0 Å². The second-order valence-corrected chi connectivity index (χ2v) is 5.16. The minimum absolute atomic E-state index is 0.0653. The van der Waals surface area contributed by atoms with Crippen molar-refractivity contribution in [1.29, 1.82) is 0 Å². The number of hydrogen-bond acceptors (Lipinski definition) is 5. The summed E-state index contributed by atoms with van der Waals surface area (Å²) in [5, 5.41) is 0. The average molecular weight is 309 g/mol. The number of likely N-dealkylation sites (tertiary alicyclic amines) is 1. The van der Waals surface area contributed by atoms with Gasteiger partial charge in [0.2, 0.25) is 0 Å². The Labute approximate surface area is 126 Å². The van der Waals surface area contributed by atoms with Crippen LogP contribution in [0.1, 0.15) is 43.1 Å². The number of H-pyrrole nitrogens is 2. The fourth-order valence-electron chi connectivity index (χ4n) is 2.63. The molecule has 1 aromatic rings. The SMILES string of the molecule is CCOC(=O)CC1CCCCN1C(=O)c1cc(=O)[nH]c(=O)[nH]1. The Kier molecular flexibility index (Phi) is 5.13. The van der Waals surface area contributed by atoms with Gasteiger partial charge in [0, 0.05) is 18.7 Å². The molecule has 0 spiro atoms. The van der Waals surface area contributed by atoms with Crippen molar-refractivity contribution in [2.24, 2.45) is 0 Å². The highest BCUT2D eigenvalue weighted by Crippen LogP contribution is 2.21. The molecule has 0 bridgehead atoms. The number of aromatic nitrogens is 2. The molecule has 1 amide bonds. The van der Waals surface area contributed by atoms with Crippen molar-refractivity contribution in [3.63, 3.8) is 0 Å². The Bertz CT molecular complexity index is 635. The fourth-order valence-corrected chi connectivity index (χ4v) is 2.63. The molecule has 1 fully saturated rings. The lowest BCUT2D eigenvalue weighted by atomic mass is 9.99. The third-order valence-corrected chi connectivity index (χ3v) is 3.59. The molecule has 1 unspecified atom stereocenters. The molecule has 0 radical (unpaired) electrons. The number of hydrogen-bond donors (Lipinski definition) is 2. The van der Waals surface area contributed by atoms with Crippen molar-refractivity contribution in [1.82, 2.24) is 14.9 Å². The van der Waals surface area contributed by atoms with Crippen LogP contribution in [-0.2, 0) is 9.53 Å². The van der Waals surface area contributed by atoms with E-state index >= 15 is 0 Å². The van der Waals surface area contributed by atoms with Gasteiger partial charge in [-0.15, -0.1) is 0 Å². The van der Waals surface area contributed by atoms with E-state index in [0.717, 1.165) is 18.9 Å². The molecular formula is C14H19N3O5. The summed E-state index contributed by atoms with van der Waals surface area (Å²) in [6.45, 7) is 2.50. The number of nitrogens with one attached hydrogen (secondary N) is 2. The van der Waals surface area contributed by atoms with E-state index in [1.807, 2.05) is 4.98 Å². The summed E-state index contributed by atoms with van der Waals surface area (Å²) >= 11 is 0. The van der Waals surface area contributed by atoms with E-state index in [0.29, 0.717) is 19.6 Å². The molecule has 120 valence electrons. The number of esters is 1. The fraction of sp³-hybridized carbons (Fsp3) is 0.571. The Morgan fingerprint density at radius 1 is 1.32 bits per heavy atom. The summed E-state index contributed by atoms with van der Waals surface area (Å²) in [6, 6.07) is 0.780. The molecule has 2 N–H and O–H groups in total. The van der Waals surface area contributed by atoms with Crippen LogP contribution in [0.3, 0.4) is 0 Å². The van der Waals surface area contributed by atoms with Crippen molar-refractivity contribution in [2.45, 2.75) is 38.6 Å². The normalized spacial score (nSPS) is 18.0. The van der Waals surface area contributed by atoms with Crippen molar-refractivity contribution in [3.8, 4) is 0 Å². The molecule has 0 aromatic carbocycles. The van der Waals surface area contributed by atoms with Gasteiger partial charge in [-0.3, -0.25) is 19.4 Å². The summed E-state index contributed by atoms with van der Waals surface area (Å²) in [4.78, 5) is 52.6. The van der Waals surface area contributed by atoms with E-state index in [1.165, 1.54) is 4.90 Å². The smallest absolute Gasteiger partial charge is 0.326 e. The molecule has 1 aromatic heterocycles. The van der Waals surface area contributed by atoms with Crippen molar-refractivity contribution in [2.75, 3.05) is 13.2 Å². The Morgan fingerprint density at radius 3 is 2.77 bits per heavy atom. The average Bonchev–Trinajstić information content (AvgIpc) is 2.46. The minimum Gasteiger partial charge on any atom is -0.466 e. The van der Waals surface area contributed by atoms with Gasteiger partial charge >= 0.3 is 11.7 Å². The highest BCUT2D eigenvalue weighted by molar-refractivity contribution is 5.92. The standard InChI is InChI=1S/C14H19N3O5/c1-2-22-12(19)7-9-5-3-4-6-17(9)13(20)10-8-11(18)16-14(21)15-10/h8-9H,2-7H2,1H3,(H2,15,16,18,21). The lowest BCUT2D eigenvalue weighted by Gasteiger charge is -2.35. The van der Waals surface area contributed by atoms with Gasteiger partial charge in [0.1, 0.15) is 5.69 Å². The summed E-state index contributed by atoms with van der Waals surface area (Å²) in [7, 11) is 0. The minimum atomic E-state index is -0.727. The van der Waals surface area contributed by atoms with Crippen LogP contribution in [0.25, 0.3) is 0 Å². The van der Waals surface area contributed by atoms with Gasteiger partial charge < -0.3 is 14.6 Å². The van der Waals surface area contributed by atoms with Crippen molar-refractivity contribution >= 4 is 11.9 Å². The zero-order valence-electron chi connectivity index (χ0n) is 12.4. The quantitative estimate of drug-likeness (QED) is 0.761. The second kappa shape index (κ2) is 7.06. The number of aromatic amines is 2. The van der Waals surface area contributed by atoms with E-state index in [-0.39, 0.29) is 24.1 Å². The zero-order chi connectivity index (χ0) is 16.1. The first-order valence-electron chi connectivity index (χ1n) is 7.31. The Hall–Kier alpha value is -2.38. The number of piperidine rings is 1. The first-order chi connectivity index (χ1) is 10.5. The van der Waals surface area contributed by atoms with Gasteiger partial charge in [-0.05, 0) is 26.2 Å².